The fraction of sp³-hybridized carbons (Fsp3) is 0.750. The molecule has 0 aromatic carbocycles. The molecule has 0 aliphatic carbocycles. The van der Waals surface area contributed by atoms with Gasteiger partial charge in [-0.15, -0.1) is 0 Å². The number of hydrogen-bond acceptors (Lipinski definition) is 3. The highest BCUT2D eigenvalue weighted by Gasteiger charge is 2.09. The molecule has 0 radical (unpaired) electrons. The zero-order valence-corrected chi connectivity index (χ0v) is 10.6. The SMILES string of the molecule is CCNC(CCOC)Cc1cnn(CC)c1. The summed E-state index contributed by atoms with van der Waals surface area (Å²) in [7, 11) is 1.75. The van der Waals surface area contributed by atoms with Crippen LogP contribution in [0.1, 0.15) is 25.8 Å². The van der Waals surface area contributed by atoms with Crippen LogP contribution in [0.4, 0.5) is 0 Å². The maximum Gasteiger partial charge on any atom is 0.0522 e. The van der Waals surface area contributed by atoms with Crippen molar-refractivity contribution in [1.82, 2.24) is 15.1 Å². The molecule has 16 heavy (non-hydrogen) atoms. The normalized spacial score (nSPS) is 12.9. The lowest BCUT2D eigenvalue weighted by Crippen LogP contribution is -2.32. The van der Waals surface area contributed by atoms with Crippen molar-refractivity contribution < 1.29 is 4.74 Å². The van der Waals surface area contributed by atoms with Gasteiger partial charge in [0.2, 0.25) is 0 Å². The third-order valence-corrected chi connectivity index (χ3v) is 2.66. The summed E-state index contributed by atoms with van der Waals surface area (Å²) in [4.78, 5) is 0. The lowest BCUT2D eigenvalue weighted by atomic mass is 10.1. The summed E-state index contributed by atoms with van der Waals surface area (Å²) >= 11 is 0. The van der Waals surface area contributed by atoms with Crippen LogP contribution in [0.2, 0.25) is 0 Å². The summed E-state index contributed by atoms with van der Waals surface area (Å²) in [6.07, 6.45) is 6.15. The Kier molecular flexibility index (Phi) is 6.11. The quantitative estimate of drug-likeness (QED) is 0.728. The van der Waals surface area contributed by atoms with E-state index < -0.39 is 0 Å². The van der Waals surface area contributed by atoms with Crippen molar-refractivity contribution in [2.24, 2.45) is 0 Å². The van der Waals surface area contributed by atoms with Gasteiger partial charge in [0.1, 0.15) is 0 Å². The van der Waals surface area contributed by atoms with Crippen LogP contribution in [0.5, 0.6) is 0 Å². The van der Waals surface area contributed by atoms with E-state index in [9.17, 15) is 0 Å². The molecule has 0 amide bonds. The number of ether oxygens (including phenoxy) is 1. The summed E-state index contributed by atoms with van der Waals surface area (Å²) in [5.41, 5.74) is 1.30. The highest BCUT2D eigenvalue weighted by Crippen LogP contribution is 2.05. The second-order valence-electron chi connectivity index (χ2n) is 3.94. The summed E-state index contributed by atoms with van der Waals surface area (Å²) in [6.45, 7) is 6.97. The van der Waals surface area contributed by atoms with Gasteiger partial charge in [-0.25, -0.2) is 0 Å². The number of likely N-dealkylation sites (N-methyl/N-ethyl adjacent to an activating group) is 1. The molecule has 1 unspecified atom stereocenters. The molecule has 1 N–H and O–H groups in total. The van der Waals surface area contributed by atoms with Crippen molar-refractivity contribution in [3.63, 3.8) is 0 Å². The van der Waals surface area contributed by atoms with Gasteiger partial charge < -0.3 is 10.1 Å². The fourth-order valence-electron chi connectivity index (χ4n) is 1.79. The molecule has 92 valence electrons. The van der Waals surface area contributed by atoms with Crippen molar-refractivity contribution in [3.05, 3.63) is 18.0 Å². The fourth-order valence-corrected chi connectivity index (χ4v) is 1.79. The molecule has 4 heteroatoms. The number of hydrogen-bond donors (Lipinski definition) is 1. The van der Waals surface area contributed by atoms with Crippen LogP contribution in [0, 0.1) is 0 Å². The van der Waals surface area contributed by atoms with E-state index in [1.807, 2.05) is 10.9 Å². The molecule has 0 saturated carbocycles. The van der Waals surface area contributed by atoms with E-state index >= 15 is 0 Å². The lowest BCUT2D eigenvalue weighted by molar-refractivity contribution is 0.183. The van der Waals surface area contributed by atoms with Crippen LogP contribution in [0.3, 0.4) is 0 Å². The first-order valence-electron chi connectivity index (χ1n) is 6.03. The number of nitrogens with zero attached hydrogens (tertiary/aromatic N) is 2. The standard InChI is InChI=1S/C12H23N3O/c1-4-13-12(6-7-16-3)8-11-9-14-15(5-2)10-11/h9-10,12-13H,4-8H2,1-3H3. The molecule has 0 saturated heterocycles. The molecular formula is C12H23N3O. The Morgan fingerprint density at radius 1 is 1.50 bits per heavy atom. The van der Waals surface area contributed by atoms with Gasteiger partial charge in [0.05, 0.1) is 6.20 Å². The monoisotopic (exact) mass is 225 g/mol. The first-order chi connectivity index (χ1) is 7.80. The Balaban J connectivity index is 2.46. The average molecular weight is 225 g/mol. The van der Waals surface area contributed by atoms with Crippen molar-refractivity contribution in [2.75, 3.05) is 20.3 Å². The van der Waals surface area contributed by atoms with E-state index in [-0.39, 0.29) is 0 Å². The molecule has 1 aromatic rings. The van der Waals surface area contributed by atoms with E-state index in [1.54, 1.807) is 7.11 Å². The van der Waals surface area contributed by atoms with Gasteiger partial charge in [0, 0.05) is 32.5 Å². The van der Waals surface area contributed by atoms with Crippen LogP contribution < -0.4 is 5.32 Å². The second kappa shape index (κ2) is 7.41. The molecule has 0 spiro atoms. The first-order valence-corrected chi connectivity index (χ1v) is 6.03. The van der Waals surface area contributed by atoms with Crippen LogP contribution in [0.15, 0.2) is 12.4 Å². The van der Waals surface area contributed by atoms with E-state index in [0.29, 0.717) is 6.04 Å². The minimum absolute atomic E-state index is 0.486. The Morgan fingerprint density at radius 2 is 2.31 bits per heavy atom. The summed E-state index contributed by atoms with van der Waals surface area (Å²) in [5.74, 6) is 0. The Morgan fingerprint density at radius 3 is 2.88 bits per heavy atom. The molecule has 0 bridgehead atoms. The number of rotatable bonds is 8. The van der Waals surface area contributed by atoms with Gasteiger partial charge in [0.25, 0.3) is 0 Å². The number of methoxy groups -OCH3 is 1. The third kappa shape index (κ3) is 4.33. The molecule has 1 atom stereocenters. The van der Waals surface area contributed by atoms with Crippen LogP contribution in [-0.4, -0.2) is 36.1 Å². The van der Waals surface area contributed by atoms with Gasteiger partial charge in [-0.2, -0.15) is 5.10 Å². The van der Waals surface area contributed by atoms with Gasteiger partial charge in [-0.1, -0.05) is 6.92 Å². The Hall–Kier alpha value is -0.870. The minimum atomic E-state index is 0.486. The lowest BCUT2D eigenvalue weighted by Gasteiger charge is -2.16. The van der Waals surface area contributed by atoms with Gasteiger partial charge >= 0.3 is 0 Å². The third-order valence-electron chi connectivity index (χ3n) is 2.66. The highest BCUT2D eigenvalue weighted by molar-refractivity contribution is 5.06. The van der Waals surface area contributed by atoms with Crippen molar-refractivity contribution in [2.45, 2.75) is 39.3 Å². The molecule has 0 fully saturated rings. The van der Waals surface area contributed by atoms with E-state index in [0.717, 1.165) is 32.5 Å². The molecule has 4 nitrogen and oxygen atoms in total. The molecule has 1 aromatic heterocycles. The molecule has 1 heterocycles. The van der Waals surface area contributed by atoms with Crippen LogP contribution in [0.25, 0.3) is 0 Å². The predicted octanol–water partition coefficient (Wildman–Crippen LogP) is 1.46. The van der Waals surface area contributed by atoms with Gasteiger partial charge in [-0.05, 0) is 31.9 Å². The summed E-state index contributed by atoms with van der Waals surface area (Å²) in [6, 6.07) is 0.486. The zero-order chi connectivity index (χ0) is 11.8. The summed E-state index contributed by atoms with van der Waals surface area (Å²) in [5, 5.41) is 7.76. The van der Waals surface area contributed by atoms with Crippen molar-refractivity contribution in [3.8, 4) is 0 Å². The molecule has 0 aliphatic rings. The molecule has 0 aliphatic heterocycles. The first kappa shape index (κ1) is 13.2. The smallest absolute Gasteiger partial charge is 0.0522 e. The minimum Gasteiger partial charge on any atom is -0.385 e. The Labute approximate surface area is 98.0 Å². The van der Waals surface area contributed by atoms with Gasteiger partial charge in [0.15, 0.2) is 0 Å². The predicted molar refractivity (Wildman–Crippen MR) is 65.6 cm³/mol. The maximum atomic E-state index is 5.12. The zero-order valence-electron chi connectivity index (χ0n) is 10.6. The van der Waals surface area contributed by atoms with Crippen molar-refractivity contribution in [1.29, 1.82) is 0 Å². The highest BCUT2D eigenvalue weighted by atomic mass is 16.5. The van der Waals surface area contributed by atoms with E-state index in [2.05, 4.69) is 30.5 Å². The van der Waals surface area contributed by atoms with E-state index in [4.69, 9.17) is 4.74 Å². The number of aromatic nitrogens is 2. The molecular weight excluding hydrogens is 202 g/mol. The van der Waals surface area contributed by atoms with Crippen LogP contribution >= 0.6 is 0 Å². The largest absolute Gasteiger partial charge is 0.385 e. The topological polar surface area (TPSA) is 39.1 Å². The molecule has 1 rings (SSSR count). The number of nitrogens with one attached hydrogen (secondary N) is 1. The number of aryl methyl sites for hydroxylation is 1. The van der Waals surface area contributed by atoms with Crippen LogP contribution in [-0.2, 0) is 17.7 Å². The van der Waals surface area contributed by atoms with E-state index in [1.165, 1.54) is 5.56 Å². The van der Waals surface area contributed by atoms with Crippen molar-refractivity contribution >= 4 is 0 Å². The average Bonchev–Trinajstić information content (AvgIpc) is 2.74. The Bertz CT molecular complexity index is 286. The second-order valence-corrected chi connectivity index (χ2v) is 3.94. The maximum absolute atomic E-state index is 5.12. The van der Waals surface area contributed by atoms with Gasteiger partial charge in [-0.3, -0.25) is 4.68 Å². The summed E-state index contributed by atoms with van der Waals surface area (Å²) < 4.78 is 7.09.